The van der Waals surface area contributed by atoms with Crippen LogP contribution in [-0.4, -0.2) is 37.7 Å². The highest BCUT2D eigenvalue weighted by Gasteiger charge is 2.23. The van der Waals surface area contributed by atoms with Gasteiger partial charge in [0.25, 0.3) is 0 Å². The molecule has 0 aromatic carbocycles. The average molecular weight is 182 g/mol. The zero-order chi connectivity index (χ0) is 9.68. The fourth-order valence-electron chi connectivity index (χ4n) is 1.89. The topological polar surface area (TPSA) is 36.3 Å². The summed E-state index contributed by atoms with van der Waals surface area (Å²) in [6.07, 6.45) is 2.50. The monoisotopic (exact) mass is 182 g/mol. The molecule has 1 unspecified atom stereocenters. The van der Waals surface area contributed by atoms with Gasteiger partial charge in [-0.25, -0.2) is 0 Å². The maximum Gasteiger partial charge on any atom is 0.121 e. The zero-order valence-corrected chi connectivity index (χ0v) is 8.49. The molecule has 13 heavy (non-hydrogen) atoms. The molecule has 0 bridgehead atoms. The molecule has 1 saturated heterocycles. The number of methoxy groups -OCH3 is 1. The summed E-state index contributed by atoms with van der Waals surface area (Å²) in [6.45, 7) is 4.87. The van der Waals surface area contributed by atoms with Crippen molar-refractivity contribution in [3.8, 4) is 6.07 Å². The van der Waals surface area contributed by atoms with Gasteiger partial charge in [0.2, 0.25) is 0 Å². The van der Waals surface area contributed by atoms with Crippen LogP contribution in [0.1, 0.15) is 19.8 Å². The van der Waals surface area contributed by atoms with Gasteiger partial charge in [-0.15, -0.1) is 0 Å². The fraction of sp³-hybridized carbons (Fsp3) is 0.900. The van der Waals surface area contributed by atoms with Crippen LogP contribution in [0.15, 0.2) is 0 Å². The van der Waals surface area contributed by atoms with Crippen molar-refractivity contribution in [2.24, 2.45) is 5.92 Å². The molecule has 0 aromatic rings. The first kappa shape index (κ1) is 10.5. The van der Waals surface area contributed by atoms with E-state index >= 15 is 0 Å². The second kappa shape index (κ2) is 5.21. The molecular weight excluding hydrogens is 164 g/mol. The molecule has 0 aromatic heterocycles. The van der Waals surface area contributed by atoms with Crippen molar-refractivity contribution in [2.75, 3.05) is 26.8 Å². The molecule has 3 heteroatoms. The van der Waals surface area contributed by atoms with Gasteiger partial charge in [-0.05, 0) is 25.3 Å². The predicted molar refractivity (Wildman–Crippen MR) is 51.2 cm³/mol. The Hall–Kier alpha value is -0.590. The Morgan fingerprint density at radius 3 is 3.00 bits per heavy atom. The van der Waals surface area contributed by atoms with Crippen LogP contribution >= 0.6 is 0 Å². The Bertz CT molecular complexity index is 188. The number of ether oxygens (including phenoxy) is 1. The minimum Gasteiger partial charge on any atom is -0.382 e. The summed E-state index contributed by atoms with van der Waals surface area (Å²) >= 11 is 0. The lowest BCUT2D eigenvalue weighted by atomic mass is 9.99. The summed E-state index contributed by atoms with van der Waals surface area (Å²) < 4.78 is 5.02. The van der Waals surface area contributed by atoms with E-state index in [4.69, 9.17) is 10.00 Å². The minimum atomic E-state index is -0.0484. The summed E-state index contributed by atoms with van der Waals surface area (Å²) in [7, 11) is 1.65. The summed E-state index contributed by atoms with van der Waals surface area (Å²) in [6, 6.07) is 2.25. The summed E-state index contributed by atoms with van der Waals surface area (Å²) in [5.74, 6) is 0.724. The molecule has 74 valence electrons. The lowest BCUT2D eigenvalue weighted by Gasteiger charge is -2.33. The molecule has 0 spiro atoms. The normalized spacial score (nSPS) is 26.7. The van der Waals surface area contributed by atoms with Crippen LogP contribution in [0.2, 0.25) is 0 Å². The quantitative estimate of drug-likeness (QED) is 0.659. The molecule has 1 rings (SSSR count). The molecule has 1 fully saturated rings. The van der Waals surface area contributed by atoms with Crippen molar-refractivity contribution in [3.63, 3.8) is 0 Å². The predicted octanol–water partition coefficient (Wildman–Crippen LogP) is 1.26. The third kappa shape index (κ3) is 2.98. The van der Waals surface area contributed by atoms with Crippen LogP contribution < -0.4 is 0 Å². The maximum absolute atomic E-state index is 8.92. The van der Waals surface area contributed by atoms with Crippen molar-refractivity contribution in [1.82, 2.24) is 4.90 Å². The highest BCUT2D eigenvalue weighted by Crippen LogP contribution is 2.17. The van der Waals surface area contributed by atoms with E-state index in [1.165, 1.54) is 12.8 Å². The van der Waals surface area contributed by atoms with Gasteiger partial charge in [-0.3, -0.25) is 4.90 Å². The number of nitriles is 1. The summed E-state index contributed by atoms with van der Waals surface area (Å²) in [5.41, 5.74) is 0. The Labute approximate surface area is 80.3 Å². The standard InChI is InChI=1S/C10H18N2O/c1-9-4-3-5-12(7-9)10(6-11)8-13-2/h9-10H,3-5,7-8H2,1-2H3/t9-,10?/m0/s1. The van der Waals surface area contributed by atoms with Crippen molar-refractivity contribution in [3.05, 3.63) is 0 Å². The van der Waals surface area contributed by atoms with Crippen LogP contribution in [-0.2, 0) is 4.74 Å². The van der Waals surface area contributed by atoms with Gasteiger partial charge in [0, 0.05) is 13.7 Å². The largest absolute Gasteiger partial charge is 0.382 e. The second-order valence-corrected chi connectivity index (χ2v) is 3.84. The van der Waals surface area contributed by atoms with Gasteiger partial charge >= 0.3 is 0 Å². The van der Waals surface area contributed by atoms with Gasteiger partial charge in [-0.1, -0.05) is 6.92 Å². The summed E-state index contributed by atoms with van der Waals surface area (Å²) in [4.78, 5) is 2.23. The molecule has 3 nitrogen and oxygen atoms in total. The van der Waals surface area contributed by atoms with E-state index in [0.717, 1.165) is 19.0 Å². The molecule has 0 N–H and O–H groups in total. The van der Waals surface area contributed by atoms with E-state index in [2.05, 4.69) is 17.9 Å². The first-order valence-electron chi connectivity index (χ1n) is 4.90. The third-order valence-electron chi connectivity index (χ3n) is 2.60. The summed E-state index contributed by atoms with van der Waals surface area (Å²) in [5, 5.41) is 8.92. The Morgan fingerprint density at radius 2 is 2.46 bits per heavy atom. The average Bonchev–Trinajstić information content (AvgIpc) is 2.14. The second-order valence-electron chi connectivity index (χ2n) is 3.84. The van der Waals surface area contributed by atoms with Crippen LogP contribution in [0.3, 0.4) is 0 Å². The maximum atomic E-state index is 8.92. The lowest BCUT2D eigenvalue weighted by molar-refractivity contribution is 0.0879. The number of rotatable bonds is 3. The number of hydrogen-bond donors (Lipinski definition) is 0. The number of piperidine rings is 1. The first-order chi connectivity index (χ1) is 6.27. The highest BCUT2D eigenvalue weighted by molar-refractivity contribution is 4.93. The molecule has 1 aliphatic heterocycles. The van der Waals surface area contributed by atoms with E-state index < -0.39 is 0 Å². The molecule has 0 amide bonds. The van der Waals surface area contributed by atoms with Crippen LogP contribution in [0, 0.1) is 17.2 Å². The Balaban J connectivity index is 2.43. The number of nitrogens with zero attached hydrogens (tertiary/aromatic N) is 2. The van der Waals surface area contributed by atoms with Gasteiger partial charge in [-0.2, -0.15) is 5.26 Å². The van der Waals surface area contributed by atoms with Crippen molar-refractivity contribution in [2.45, 2.75) is 25.8 Å². The highest BCUT2D eigenvalue weighted by atomic mass is 16.5. The van der Waals surface area contributed by atoms with E-state index in [1.54, 1.807) is 7.11 Å². The minimum absolute atomic E-state index is 0.0484. The van der Waals surface area contributed by atoms with E-state index in [1.807, 2.05) is 0 Å². The van der Waals surface area contributed by atoms with E-state index in [0.29, 0.717) is 6.61 Å². The number of hydrogen-bond acceptors (Lipinski definition) is 3. The van der Waals surface area contributed by atoms with Gasteiger partial charge < -0.3 is 4.74 Å². The van der Waals surface area contributed by atoms with E-state index in [-0.39, 0.29) is 6.04 Å². The number of likely N-dealkylation sites (tertiary alicyclic amines) is 1. The van der Waals surface area contributed by atoms with E-state index in [9.17, 15) is 0 Å². The Morgan fingerprint density at radius 1 is 1.69 bits per heavy atom. The first-order valence-corrected chi connectivity index (χ1v) is 4.90. The Kier molecular flexibility index (Phi) is 4.20. The lowest BCUT2D eigenvalue weighted by Crippen LogP contribution is -2.43. The SMILES string of the molecule is COCC(C#N)N1CCC[C@H](C)C1. The van der Waals surface area contributed by atoms with Gasteiger partial charge in [0.15, 0.2) is 0 Å². The fourth-order valence-corrected chi connectivity index (χ4v) is 1.89. The van der Waals surface area contributed by atoms with Crippen LogP contribution in [0.4, 0.5) is 0 Å². The third-order valence-corrected chi connectivity index (χ3v) is 2.60. The smallest absolute Gasteiger partial charge is 0.121 e. The molecule has 0 aliphatic carbocycles. The van der Waals surface area contributed by atoms with Crippen molar-refractivity contribution < 1.29 is 4.74 Å². The van der Waals surface area contributed by atoms with Crippen LogP contribution in [0.25, 0.3) is 0 Å². The van der Waals surface area contributed by atoms with Gasteiger partial charge in [0.05, 0.1) is 12.7 Å². The molecule has 0 saturated carbocycles. The van der Waals surface area contributed by atoms with Crippen molar-refractivity contribution in [1.29, 1.82) is 5.26 Å². The molecular formula is C10H18N2O. The van der Waals surface area contributed by atoms with Gasteiger partial charge in [0.1, 0.15) is 6.04 Å². The molecule has 1 heterocycles. The molecule has 1 aliphatic rings. The molecule has 2 atom stereocenters. The van der Waals surface area contributed by atoms with Crippen molar-refractivity contribution >= 4 is 0 Å². The zero-order valence-electron chi connectivity index (χ0n) is 8.49. The molecule has 0 radical (unpaired) electrons. The van der Waals surface area contributed by atoms with Crippen LogP contribution in [0.5, 0.6) is 0 Å².